The van der Waals surface area contributed by atoms with Crippen LogP contribution in [0, 0.1) is 0 Å². The average Bonchev–Trinajstić information content (AvgIpc) is 3.10. The van der Waals surface area contributed by atoms with E-state index in [1.807, 2.05) is 75.4 Å². The molecule has 3 rings (SSSR count). The molecule has 0 aliphatic heterocycles. The zero-order chi connectivity index (χ0) is 20.2. The number of benzene rings is 2. The molecule has 0 amide bonds. The Labute approximate surface area is 166 Å². The lowest BCUT2D eigenvalue weighted by molar-refractivity contribution is 0.487. The maximum Gasteiger partial charge on any atom is 0.241 e. The highest BCUT2D eigenvalue weighted by molar-refractivity contribution is 7.89. The van der Waals surface area contributed by atoms with Crippen LogP contribution in [0.3, 0.4) is 0 Å². The molecular formula is C22H26N2O3S. The van der Waals surface area contributed by atoms with E-state index < -0.39 is 15.6 Å². The van der Waals surface area contributed by atoms with E-state index in [-0.39, 0.29) is 0 Å². The third kappa shape index (κ3) is 5.32. The molecule has 0 unspecified atom stereocenters. The van der Waals surface area contributed by atoms with Gasteiger partial charge in [-0.3, -0.25) is 0 Å². The third-order valence-corrected chi connectivity index (χ3v) is 5.90. The highest BCUT2D eigenvalue weighted by Crippen LogP contribution is 2.22. The Morgan fingerprint density at radius 1 is 0.857 bits per heavy atom. The number of hydrogen-bond acceptors (Lipinski definition) is 4. The first-order valence-corrected chi connectivity index (χ1v) is 10.7. The first-order chi connectivity index (χ1) is 13.2. The van der Waals surface area contributed by atoms with Crippen molar-refractivity contribution in [1.29, 1.82) is 0 Å². The van der Waals surface area contributed by atoms with Gasteiger partial charge in [-0.05, 0) is 44.5 Å². The maximum atomic E-state index is 12.7. The zero-order valence-electron chi connectivity index (χ0n) is 16.4. The van der Waals surface area contributed by atoms with E-state index in [9.17, 15) is 8.42 Å². The monoisotopic (exact) mass is 398 g/mol. The molecule has 1 aromatic heterocycles. The van der Waals surface area contributed by atoms with Crippen LogP contribution >= 0.6 is 0 Å². The van der Waals surface area contributed by atoms with Crippen LogP contribution in [0.2, 0.25) is 0 Å². The summed E-state index contributed by atoms with van der Waals surface area (Å²) in [5.74, 6) is 1.61. The van der Waals surface area contributed by atoms with Crippen molar-refractivity contribution in [1.82, 2.24) is 10.0 Å². The van der Waals surface area contributed by atoms with Crippen molar-refractivity contribution in [2.75, 3.05) is 0 Å². The fourth-order valence-electron chi connectivity index (χ4n) is 2.92. The minimum atomic E-state index is -3.59. The van der Waals surface area contributed by atoms with Crippen LogP contribution in [0.5, 0.6) is 0 Å². The SMILES string of the molecule is CC(C)(C)NS(=O)(=O)c1ccccc1CNCc1ccc(-c2ccccc2)o1. The molecule has 2 N–H and O–H groups in total. The predicted molar refractivity (Wildman–Crippen MR) is 111 cm³/mol. The van der Waals surface area contributed by atoms with Crippen LogP contribution in [-0.4, -0.2) is 14.0 Å². The van der Waals surface area contributed by atoms with Gasteiger partial charge in [0.25, 0.3) is 0 Å². The molecule has 0 spiro atoms. The van der Waals surface area contributed by atoms with Crippen molar-refractivity contribution in [2.24, 2.45) is 0 Å². The summed E-state index contributed by atoms with van der Waals surface area (Å²) in [4.78, 5) is 0.293. The topological polar surface area (TPSA) is 71.3 Å². The molecule has 0 aliphatic carbocycles. The lowest BCUT2D eigenvalue weighted by Gasteiger charge is -2.21. The Kier molecular flexibility index (Phi) is 6.03. The lowest BCUT2D eigenvalue weighted by Crippen LogP contribution is -2.40. The van der Waals surface area contributed by atoms with Gasteiger partial charge in [0, 0.05) is 17.6 Å². The van der Waals surface area contributed by atoms with E-state index in [0.29, 0.717) is 23.5 Å². The van der Waals surface area contributed by atoms with E-state index in [1.165, 1.54) is 0 Å². The summed E-state index contributed by atoms with van der Waals surface area (Å²) >= 11 is 0. The second-order valence-corrected chi connectivity index (χ2v) is 9.35. The molecule has 0 saturated carbocycles. The van der Waals surface area contributed by atoms with Crippen LogP contribution in [0.15, 0.2) is 76.0 Å². The van der Waals surface area contributed by atoms with Crippen LogP contribution in [0.4, 0.5) is 0 Å². The van der Waals surface area contributed by atoms with Gasteiger partial charge in [0.1, 0.15) is 11.5 Å². The summed E-state index contributed by atoms with van der Waals surface area (Å²) in [5.41, 5.74) is 1.20. The van der Waals surface area contributed by atoms with Gasteiger partial charge in [0.15, 0.2) is 0 Å². The van der Waals surface area contributed by atoms with Crippen molar-refractivity contribution in [3.8, 4) is 11.3 Å². The highest BCUT2D eigenvalue weighted by atomic mass is 32.2. The molecule has 0 atom stereocenters. The molecule has 0 fully saturated rings. The Morgan fingerprint density at radius 2 is 1.54 bits per heavy atom. The molecule has 1 heterocycles. The van der Waals surface area contributed by atoms with Crippen LogP contribution in [0.25, 0.3) is 11.3 Å². The van der Waals surface area contributed by atoms with Gasteiger partial charge >= 0.3 is 0 Å². The maximum absolute atomic E-state index is 12.7. The second kappa shape index (κ2) is 8.31. The number of nitrogens with one attached hydrogen (secondary N) is 2. The van der Waals surface area contributed by atoms with E-state index >= 15 is 0 Å². The Bertz CT molecular complexity index is 1020. The van der Waals surface area contributed by atoms with Crippen molar-refractivity contribution in [3.05, 3.63) is 78.1 Å². The molecule has 0 saturated heterocycles. The molecule has 0 radical (unpaired) electrons. The summed E-state index contributed by atoms with van der Waals surface area (Å²) < 4.78 is 34.0. The van der Waals surface area contributed by atoms with E-state index in [4.69, 9.17) is 4.42 Å². The number of furan rings is 1. The van der Waals surface area contributed by atoms with Gasteiger partial charge in [-0.25, -0.2) is 13.1 Å². The smallest absolute Gasteiger partial charge is 0.241 e. The van der Waals surface area contributed by atoms with Crippen LogP contribution in [-0.2, 0) is 23.1 Å². The van der Waals surface area contributed by atoms with Gasteiger partial charge < -0.3 is 9.73 Å². The van der Waals surface area contributed by atoms with Gasteiger partial charge in [-0.15, -0.1) is 0 Å². The Balaban J connectivity index is 1.67. The molecule has 0 bridgehead atoms. The fourth-order valence-corrected chi connectivity index (χ4v) is 4.58. The van der Waals surface area contributed by atoms with Crippen molar-refractivity contribution in [2.45, 2.75) is 44.3 Å². The van der Waals surface area contributed by atoms with Crippen LogP contribution < -0.4 is 10.0 Å². The molecule has 3 aromatic rings. The molecule has 6 heteroatoms. The lowest BCUT2D eigenvalue weighted by atomic mass is 10.1. The molecule has 2 aromatic carbocycles. The average molecular weight is 399 g/mol. The molecule has 0 aliphatic rings. The highest BCUT2D eigenvalue weighted by Gasteiger charge is 2.24. The zero-order valence-corrected chi connectivity index (χ0v) is 17.2. The van der Waals surface area contributed by atoms with Gasteiger partial charge in [-0.2, -0.15) is 0 Å². The van der Waals surface area contributed by atoms with Crippen molar-refractivity contribution in [3.63, 3.8) is 0 Å². The second-order valence-electron chi connectivity index (χ2n) is 7.70. The minimum absolute atomic E-state index is 0.293. The number of rotatable bonds is 7. The fraction of sp³-hybridized carbons (Fsp3) is 0.273. The Hall–Kier alpha value is -2.41. The van der Waals surface area contributed by atoms with E-state index in [0.717, 1.165) is 17.1 Å². The normalized spacial score (nSPS) is 12.2. The summed E-state index contributed by atoms with van der Waals surface area (Å²) in [6.45, 7) is 6.41. The van der Waals surface area contributed by atoms with Gasteiger partial charge in [-0.1, -0.05) is 48.5 Å². The van der Waals surface area contributed by atoms with Crippen LogP contribution in [0.1, 0.15) is 32.1 Å². The Morgan fingerprint density at radius 3 is 2.25 bits per heavy atom. The van der Waals surface area contributed by atoms with E-state index in [1.54, 1.807) is 12.1 Å². The van der Waals surface area contributed by atoms with Gasteiger partial charge in [0.05, 0.1) is 11.4 Å². The first-order valence-electron chi connectivity index (χ1n) is 9.21. The molecule has 148 valence electrons. The summed E-state index contributed by atoms with van der Waals surface area (Å²) in [6, 6.07) is 20.8. The minimum Gasteiger partial charge on any atom is -0.460 e. The van der Waals surface area contributed by atoms with Gasteiger partial charge in [0.2, 0.25) is 10.0 Å². The number of hydrogen-bond donors (Lipinski definition) is 2. The van der Waals surface area contributed by atoms with Crippen molar-refractivity contribution < 1.29 is 12.8 Å². The summed E-state index contributed by atoms with van der Waals surface area (Å²) in [5, 5.41) is 3.27. The van der Waals surface area contributed by atoms with Crippen molar-refractivity contribution >= 4 is 10.0 Å². The number of sulfonamides is 1. The standard InChI is InChI=1S/C22H26N2O3S/c1-22(2,3)24-28(25,26)21-12-8-7-11-18(21)15-23-16-19-13-14-20(27-19)17-9-5-4-6-10-17/h4-14,23-24H,15-16H2,1-3H3. The summed E-state index contributed by atoms with van der Waals surface area (Å²) in [7, 11) is -3.59. The summed E-state index contributed by atoms with van der Waals surface area (Å²) in [6.07, 6.45) is 0. The third-order valence-electron chi connectivity index (χ3n) is 4.04. The molecule has 5 nitrogen and oxygen atoms in total. The largest absolute Gasteiger partial charge is 0.460 e. The quantitative estimate of drug-likeness (QED) is 0.622. The predicted octanol–water partition coefficient (Wildman–Crippen LogP) is 4.31. The van der Waals surface area contributed by atoms with E-state index in [2.05, 4.69) is 10.0 Å². The molecular weight excluding hydrogens is 372 g/mol. The first kappa shape index (κ1) is 20.3. The molecule has 28 heavy (non-hydrogen) atoms.